The van der Waals surface area contributed by atoms with E-state index in [1.54, 1.807) is 26.0 Å². The van der Waals surface area contributed by atoms with Crippen molar-refractivity contribution in [3.8, 4) is 12.3 Å². The minimum Gasteiger partial charge on any atom is -0.370 e. The number of pyridine rings is 1. The Hall–Kier alpha value is -3.09. The molecule has 0 bridgehead atoms. The molecule has 1 saturated carbocycles. The molecular formula is C29H41N5O3S. The summed E-state index contributed by atoms with van der Waals surface area (Å²) in [4.78, 5) is 18.1. The number of nitrogens with zero attached hydrogens (tertiary/aromatic N) is 2. The van der Waals surface area contributed by atoms with E-state index in [2.05, 4.69) is 33.8 Å². The molecule has 0 aliphatic heterocycles. The summed E-state index contributed by atoms with van der Waals surface area (Å²) in [5.74, 6) is 4.28. The highest BCUT2D eigenvalue weighted by Gasteiger charge is 2.32. The van der Waals surface area contributed by atoms with E-state index >= 15 is 0 Å². The fourth-order valence-corrected chi connectivity index (χ4v) is 5.21. The maximum absolute atomic E-state index is 13.5. The molecule has 2 aromatic rings. The number of hydrogen-bond acceptors (Lipinski definition) is 6. The van der Waals surface area contributed by atoms with Gasteiger partial charge in [0.05, 0.1) is 5.25 Å². The van der Waals surface area contributed by atoms with Crippen molar-refractivity contribution in [1.82, 2.24) is 15.6 Å². The summed E-state index contributed by atoms with van der Waals surface area (Å²) in [5.41, 5.74) is 1.49. The normalized spacial score (nSPS) is 17.5. The second-order valence-corrected chi connectivity index (χ2v) is 12.9. The predicted octanol–water partition coefficient (Wildman–Crippen LogP) is 3.67. The van der Waals surface area contributed by atoms with Crippen molar-refractivity contribution >= 4 is 27.6 Å². The van der Waals surface area contributed by atoms with Gasteiger partial charge in [0.1, 0.15) is 11.6 Å². The Morgan fingerprint density at radius 3 is 2.55 bits per heavy atom. The molecule has 1 fully saturated rings. The van der Waals surface area contributed by atoms with E-state index in [-0.39, 0.29) is 17.8 Å². The van der Waals surface area contributed by atoms with Gasteiger partial charge in [0.25, 0.3) is 5.91 Å². The number of benzene rings is 1. The molecule has 8 nitrogen and oxygen atoms in total. The molecule has 1 aromatic heterocycles. The van der Waals surface area contributed by atoms with Crippen LogP contribution in [0.2, 0.25) is 0 Å². The average Bonchev–Trinajstić information content (AvgIpc) is 3.61. The van der Waals surface area contributed by atoms with E-state index in [1.807, 2.05) is 30.3 Å². The highest BCUT2D eigenvalue weighted by molar-refractivity contribution is 7.93. The first-order valence-corrected chi connectivity index (χ1v) is 14.8. The number of carbonyl (C=O) groups is 1. The summed E-state index contributed by atoms with van der Waals surface area (Å²) in [6, 6.07) is 13.1. The zero-order valence-corrected chi connectivity index (χ0v) is 23.7. The molecule has 0 radical (unpaired) electrons. The molecule has 3 unspecified atom stereocenters. The second kappa shape index (κ2) is 13.6. The lowest BCUT2D eigenvalue weighted by atomic mass is 10.0. The van der Waals surface area contributed by atoms with Crippen LogP contribution in [0.1, 0.15) is 56.0 Å². The van der Waals surface area contributed by atoms with E-state index in [0.717, 1.165) is 35.8 Å². The number of hydrogen-bond donors (Lipinski definition) is 3. The Bertz CT molecular complexity index is 1210. The number of amides is 1. The first-order chi connectivity index (χ1) is 18.1. The maximum atomic E-state index is 13.5. The number of anilines is 2. The second-order valence-electron chi connectivity index (χ2n) is 10.4. The summed E-state index contributed by atoms with van der Waals surface area (Å²) in [5, 5.41) is 9.19. The van der Waals surface area contributed by atoms with Crippen LogP contribution in [0.3, 0.4) is 0 Å². The van der Waals surface area contributed by atoms with Crippen molar-refractivity contribution in [3.63, 3.8) is 0 Å². The van der Waals surface area contributed by atoms with Gasteiger partial charge < -0.3 is 16.0 Å². The summed E-state index contributed by atoms with van der Waals surface area (Å²) in [6.45, 7) is 7.62. The first-order valence-electron chi connectivity index (χ1n) is 13.3. The van der Waals surface area contributed by atoms with Gasteiger partial charge in [-0.2, -0.15) is 0 Å². The standard InChI is InChI=1S/C29H41N5O3S/c1-6-7-14-30-15-13-26(17-23-11-9-8-10-12-23)32-29(35)24-18-27(31-20-25-16-22(25)4)33-28(19-24)34(5)38(36,37)21(2)3/h1,8-12,18-19,21-22,25-26,30H,7,13-17,20H2,2-5H3,(H,31,33)(H,32,35). The highest BCUT2D eigenvalue weighted by Crippen LogP contribution is 2.37. The number of aromatic nitrogens is 1. The third-order valence-electron chi connectivity index (χ3n) is 6.97. The predicted molar refractivity (Wildman–Crippen MR) is 155 cm³/mol. The van der Waals surface area contributed by atoms with Gasteiger partial charge in [0.15, 0.2) is 0 Å². The minimum atomic E-state index is -3.61. The Morgan fingerprint density at radius 2 is 1.92 bits per heavy atom. The quantitative estimate of drug-likeness (QED) is 0.236. The Labute approximate surface area is 228 Å². The van der Waals surface area contributed by atoms with Gasteiger partial charge in [-0.1, -0.05) is 37.3 Å². The van der Waals surface area contributed by atoms with Gasteiger partial charge in [0.2, 0.25) is 10.0 Å². The molecule has 3 rings (SSSR count). The smallest absolute Gasteiger partial charge is 0.251 e. The van der Waals surface area contributed by atoms with E-state index in [1.165, 1.54) is 7.05 Å². The third-order valence-corrected chi connectivity index (χ3v) is 9.11. The van der Waals surface area contributed by atoms with Crippen molar-refractivity contribution in [2.24, 2.45) is 11.8 Å². The fourth-order valence-electron chi connectivity index (χ4n) is 4.22. The van der Waals surface area contributed by atoms with Crippen molar-refractivity contribution in [1.29, 1.82) is 0 Å². The van der Waals surface area contributed by atoms with Crippen LogP contribution >= 0.6 is 0 Å². The molecule has 3 N–H and O–H groups in total. The number of terminal acetylenes is 1. The monoisotopic (exact) mass is 539 g/mol. The Balaban J connectivity index is 1.82. The SMILES string of the molecule is C#CCCNCCC(Cc1ccccc1)NC(=O)c1cc(NCC2CC2C)nc(N(C)S(=O)(=O)C(C)C)c1. The van der Waals surface area contributed by atoms with Crippen molar-refractivity contribution in [2.75, 3.05) is 36.3 Å². The van der Waals surface area contributed by atoms with Crippen LogP contribution in [-0.2, 0) is 16.4 Å². The van der Waals surface area contributed by atoms with Crippen LogP contribution in [0.4, 0.5) is 11.6 Å². The van der Waals surface area contributed by atoms with Crippen LogP contribution in [0.15, 0.2) is 42.5 Å². The topological polar surface area (TPSA) is 103 Å². The molecule has 38 heavy (non-hydrogen) atoms. The van der Waals surface area contributed by atoms with Gasteiger partial charge in [-0.05, 0) is 69.2 Å². The zero-order valence-electron chi connectivity index (χ0n) is 22.9. The van der Waals surface area contributed by atoms with Gasteiger partial charge in [-0.15, -0.1) is 12.3 Å². The van der Waals surface area contributed by atoms with Crippen molar-refractivity contribution in [3.05, 3.63) is 53.6 Å². The van der Waals surface area contributed by atoms with E-state index < -0.39 is 15.3 Å². The van der Waals surface area contributed by atoms with E-state index in [0.29, 0.717) is 42.6 Å². The molecule has 1 aliphatic carbocycles. The summed E-state index contributed by atoms with van der Waals surface area (Å²) in [6.07, 6.45) is 8.54. The summed E-state index contributed by atoms with van der Waals surface area (Å²) >= 11 is 0. The molecule has 0 spiro atoms. The van der Waals surface area contributed by atoms with Gasteiger partial charge in [0, 0.05) is 38.2 Å². The summed E-state index contributed by atoms with van der Waals surface area (Å²) in [7, 11) is -2.13. The lowest BCUT2D eigenvalue weighted by Gasteiger charge is -2.23. The molecular weight excluding hydrogens is 498 g/mol. The maximum Gasteiger partial charge on any atom is 0.251 e. The molecule has 206 valence electrons. The van der Waals surface area contributed by atoms with Gasteiger partial charge in [-0.3, -0.25) is 9.10 Å². The number of sulfonamides is 1. The third kappa shape index (κ3) is 8.47. The number of rotatable bonds is 15. The molecule has 1 heterocycles. The van der Waals surface area contributed by atoms with Gasteiger partial charge >= 0.3 is 0 Å². The minimum absolute atomic E-state index is 0.124. The molecule has 9 heteroatoms. The van der Waals surface area contributed by atoms with E-state index in [4.69, 9.17) is 6.42 Å². The molecule has 1 amide bonds. The van der Waals surface area contributed by atoms with Crippen molar-refractivity contribution < 1.29 is 13.2 Å². The van der Waals surface area contributed by atoms with Crippen molar-refractivity contribution in [2.45, 2.75) is 57.7 Å². The highest BCUT2D eigenvalue weighted by atomic mass is 32.2. The number of nitrogens with one attached hydrogen (secondary N) is 3. The zero-order chi connectivity index (χ0) is 27.7. The average molecular weight is 540 g/mol. The lowest BCUT2D eigenvalue weighted by Crippen LogP contribution is -2.39. The van der Waals surface area contributed by atoms with Gasteiger partial charge in [-0.25, -0.2) is 13.4 Å². The molecule has 3 atom stereocenters. The van der Waals surface area contributed by atoms with Crippen LogP contribution in [0, 0.1) is 24.2 Å². The number of carbonyl (C=O) groups excluding carboxylic acids is 1. The van der Waals surface area contributed by atoms with Crippen LogP contribution in [-0.4, -0.2) is 57.3 Å². The van der Waals surface area contributed by atoms with E-state index in [9.17, 15) is 13.2 Å². The largest absolute Gasteiger partial charge is 0.370 e. The van der Waals surface area contributed by atoms with Crippen LogP contribution < -0.4 is 20.3 Å². The fraction of sp³-hybridized carbons (Fsp3) is 0.517. The summed E-state index contributed by atoms with van der Waals surface area (Å²) < 4.78 is 26.9. The Morgan fingerprint density at radius 1 is 1.21 bits per heavy atom. The molecule has 1 aromatic carbocycles. The molecule has 1 aliphatic rings. The first kappa shape index (κ1) is 29.5. The Kier molecular flexibility index (Phi) is 10.6. The lowest BCUT2D eigenvalue weighted by molar-refractivity contribution is 0.0935. The van der Waals surface area contributed by atoms with Crippen LogP contribution in [0.25, 0.3) is 0 Å². The molecule has 0 saturated heterocycles. The van der Waals surface area contributed by atoms with Crippen LogP contribution in [0.5, 0.6) is 0 Å².